The highest BCUT2D eigenvalue weighted by Gasteiger charge is 2.30. The van der Waals surface area contributed by atoms with Gasteiger partial charge in [0, 0.05) is 11.9 Å². The fourth-order valence-corrected chi connectivity index (χ4v) is 2.92. The fraction of sp³-hybridized carbons (Fsp3) is 0.176. The van der Waals surface area contributed by atoms with Crippen molar-refractivity contribution < 1.29 is 13.2 Å². The number of aromatic nitrogens is 5. The maximum Gasteiger partial charge on any atom is 0.416 e. The molecule has 1 aromatic carbocycles. The van der Waals surface area contributed by atoms with E-state index in [2.05, 4.69) is 15.1 Å². The zero-order valence-electron chi connectivity index (χ0n) is 13.7. The van der Waals surface area contributed by atoms with Gasteiger partial charge in [0.15, 0.2) is 0 Å². The lowest BCUT2D eigenvalue weighted by atomic mass is 10.1. The Labute approximate surface area is 144 Å². The summed E-state index contributed by atoms with van der Waals surface area (Å²) < 4.78 is 41.5. The summed E-state index contributed by atoms with van der Waals surface area (Å²) >= 11 is 0. The zero-order chi connectivity index (χ0) is 18.6. The van der Waals surface area contributed by atoms with Gasteiger partial charge in [-0.2, -0.15) is 22.7 Å². The van der Waals surface area contributed by atoms with Gasteiger partial charge >= 0.3 is 6.18 Å². The third kappa shape index (κ3) is 2.43. The molecule has 0 amide bonds. The van der Waals surface area contributed by atoms with Gasteiger partial charge in [0.2, 0.25) is 0 Å². The third-order valence-electron chi connectivity index (χ3n) is 4.08. The van der Waals surface area contributed by atoms with Gasteiger partial charge in [0.05, 0.1) is 22.2 Å². The summed E-state index contributed by atoms with van der Waals surface area (Å²) in [5.74, 6) is 0.871. The molecule has 0 fully saturated rings. The first-order valence-electron chi connectivity index (χ1n) is 7.69. The molecule has 4 rings (SSSR count). The summed E-state index contributed by atoms with van der Waals surface area (Å²) in [4.78, 5) is 21.4. The number of pyridine rings is 1. The molecule has 0 bridgehead atoms. The second kappa shape index (κ2) is 5.38. The molecule has 3 heterocycles. The Kier molecular flexibility index (Phi) is 3.36. The van der Waals surface area contributed by atoms with Crippen molar-refractivity contribution in [1.29, 1.82) is 0 Å². The van der Waals surface area contributed by atoms with E-state index in [-0.39, 0.29) is 11.1 Å². The predicted molar refractivity (Wildman–Crippen MR) is 88.4 cm³/mol. The summed E-state index contributed by atoms with van der Waals surface area (Å²) in [6.07, 6.45) is -3.06. The Morgan fingerprint density at radius 1 is 1.08 bits per heavy atom. The van der Waals surface area contributed by atoms with Crippen molar-refractivity contribution in [2.45, 2.75) is 20.0 Å². The van der Waals surface area contributed by atoms with Gasteiger partial charge in [-0.15, -0.1) is 5.10 Å². The van der Waals surface area contributed by atoms with E-state index in [0.717, 1.165) is 12.1 Å². The summed E-state index contributed by atoms with van der Waals surface area (Å²) in [7, 11) is 0. The standard InChI is InChI=1S/C17H12F3N5O/c1-9-14-13(25-16(21-9)22-10(2)23-25)6-7-24(15(14)26)12-5-3-4-11(8-12)17(18,19)20/h3-8H,1-2H3. The van der Waals surface area contributed by atoms with E-state index in [1.165, 1.54) is 27.4 Å². The van der Waals surface area contributed by atoms with Gasteiger partial charge < -0.3 is 0 Å². The van der Waals surface area contributed by atoms with E-state index < -0.39 is 17.3 Å². The van der Waals surface area contributed by atoms with Gasteiger partial charge in [-0.3, -0.25) is 9.36 Å². The first-order chi connectivity index (χ1) is 12.3. The number of benzene rings is 1. The number of aryl methyl sites for hydroxylation is 2. The van der Waals surface area contributed by atoms with E-state index >= 15 is 0 Å². The van der Waals surface area contributed by atoms with Crippen LogP contribution in [0.3, 0.4) is 0 Å². The summed E-state index contributed by atoms with van der Waals surface area (Å²) in [6, 6.07) is 6.23. The Morgan fingerprint density at radius 3 is 2.58 bits per heavy atom. The summed E-state index contributed by atoms with van der Waals surface area (Å²) in [5, 5.41) is 4.50. The molecule has 4 aromatic rings. The molecule has 0 spiro atoms. The smallest absolute Gasteiger partial charge is 0.284 e. The molecule has 0 radical (unpaired) electrons. The van der Waals surface area contributed by atoms with Gasteiger partial charge in [-0.05, 0) is 38.1 Å². The van der Waals surface area contributed by atoms with Crippen LogP contribution < -0.4 is 5.56 Å². The lowest BCUT2D eigenvalue weighted by molar-refractivity contribution is -0.137. The van der Waals surface area contributed by atoms with Crippen LogP contribution in [0.25, 0.3) is 22.4 Å². The van der Waals surface area contributed by atoms with E-state index in [4.69, 9.17) is 0 Å². The van der Waals surface area contributed by atoms with Gasteiger partial charge in [-0.1, -0.05) is 6.07 Å². The SMILES string of the molecule is Cc1nc2nc(C)c3c(=O)n(-c4cccc(C(F)(F)F)c4)ccc3n2n1. The maximum atomic E-state index is 13.0. The molecule has 0 aliphatic carbocycles. The van der Waals surface area contributed by atoms with Crippen LogP contribution in [-0.4, -0.2) is 24.1 Å². The van der Waals surface area contributed by atoms with Crippen LogP contribution in [-0.2, 0) is 6.18 Å². The molecule has 3 aromatic heterocycles. The Hall–Kier alpha value is -3.23. The fourth-order valence-electron chi connectivity index (χ4n) is 2.92. The molecule has 0 atom stereocenters. The highest BCUT2D eigenvalue weighted by atomic mass is 19.4. The number of hydrogen-bond acceptors (Lipinski definition) is 4. The third-order valence-corrected chi connectivity index (χ3v) is 4.08. The number of fused-ring (bicyclic) bond motifs is 3. The van der Waals surface area contributed by atoms with Gasteiger partial charge in [0.1, 0.15) is 5.82 Å². The van der Waals surface area contributed by atoms with Crippen LogP contribution in [0.4, 0.5) is 13.2 Å². The largest absolute Gasteiger partial charge is 0.416 e. The second-order valence-electron chi connectivity index (χ2n) is 5.87. The summed E-state index contributed by atoms with van der Waals surface area (Å²) in [5.41, 5.74) is -0.227. The molecule has 0 aliphatic rings. The molecule has 0 saturated carbocycles. The quantitative estimate of drug-likeness (QED) is 0.524. The van der Waals surface area contributed by atoms with Gasteiger partial charge in [-0.25, -0.2) is 4.98 Å². The Morgan fingerprint density at radius 2 is 1.85 bits per heavy atom. The number of halogens is 3. The van der Waals surface area contributed by atoms with Crippen LogP contribution in [0.2, 0.25) is 0 Å². The topological polar surface area (TPSA) is 65.1 Å². The molecular weight excluding hydrogens is 347 g/mol. The van der Waals surface area contributed by atoms with Crippen LogP contribution in [0.5, 0.6) is 0 Å². The van der Waals surface area contributed by atoms with Crippen molar-refractivity contribution in [2.75, 3.05) is 0 Å². The molecule has 0 unspecified atom stereocenters. The number of alkyl halides is 3. The molecule has 0 N–H and O–H groups in total. The molecule has 9 heteroatoms. The molecule has 0 saturated heterocycles. The van der Waals surface area contributed by atoms with Crippen molar-refractivity contribution in [3.8, 4) is 5.69 Å². The minimum absolute atomic E-state index is 0.126. The summed E-state index contributed by atoms with van der Waals surface area (Å²) in [6.45, 7) is 3.37. The van der Waals surface area contributed by atoms with Crippen LogP contribution in [0.15, 0.2) is 41.3 Å². The highest BCUT2D eigenvalue weighted by Crippen LogP contribution is 2.30. The van der Waals surface area contributed by atoms with Crippen LogP contribution in [0.1, 0.15) is 17.1 Å². The first kappa shape index (κ1) is 16.2. The molecule has 0 aliphatic heterocycles. The Bertz CT molecular complexity index is 1220. The average Bonchev–Trinajstić information content (AvgIpc) is 2.94. The van der Waals surface area contributed by atoms with Crippen molar-refractivity contribution in [1.82, 2.24) is 24.1 Å². The van der Waals surface area contributed by atoms with Crippen molar-refractivity contribution in [3.05, 3.63) is 64.0 Å². The molecule has 26 heavy (non-hydrogen) atoms. The van der Waals surface area contributed by atoms with E-state index in [9.17, 15) is 18.0 Å². The van der Waals surface area contributed by atoms with Gasteiger partial charge in [0.25, 0.3) is 11.3 Å². The Balaban J connectivity index is 2.02. The second-order valence-corrected chi connectivity index (χ2v) is 5.87. The predicted octanol–water partition coefficient (Wildman–Crippen LogP) is 3.06. The van der Waals surface area contributed by atoms with E-state index in [1.807, 2.05) is 0 Å². The van der Waals surface area contributed by atoms with E-state index in [1.54, 1.807) is 19.9 Å². The highest BCUT2D eigenvalue weighted by molar-refractivity contribution is 5.82. The van der Waals surface area contributed by atoms with Crippen molar-refractivity contribution in [2.24, 2.45) is 0 Å². The van der Waals surface area contributed by atoms with Crippen LogP contribution >= 0.6 is 0 Å². The number of rotatable bonds is 1. The molecule has 132 valence electrons. The van der Waals surface area contributed by atoms with Crippen LogP contribution in [0, 0.1) is 13.8 Å². The first-order valence-corrected chi connectivity index (χ1v) is 7.69. The minimum atomic E-state index is -4.49. The molecular formula is C17H12F3N5O. The lowest BCUT2D eigenvalue weighted by Crippen LogP contribution is -2.20. The average molecular weight is 359 g/mol. The van der Waals surface area contributed by atoms with Crippen molar-refractivity contribution in [3.63, 3.8) is 0 Å². The monoisotopic (exact) mass is 359 g/mol. The zero-order valence-corrected chi connectivity index (χ0v) is 13.7. The number of nitrogens with zero attached hydrogens (tertiary/aromatic N) is 5. The normalized spacial score (nSPS) is 12.2. The lowest BCUT2D eigenvalue weighted by Gasteiger charge is -2.12. The van der Waals surface area contributed by atoms with E-state index in [0.29, 0.717) is 22.8 Å². The number of hydrogen-bond donors (Lipinski definition) is 0. The van der Waals surface area contributed by atoms with Crippen molar-refractivity contribution >= 4 is 16.7 Å². The maximum absolute atomic E-state index is 13.0. The minimum Gasteiger partial charge on any atom is -0.284 e. The molecule has 6 nitrogen and oxygen atoms in total.